The van der Waals surface area contributed by atoms with Gasteiger partial charge in [-0.15, -0.1) is 0 Å². The number of carbonyl (C=O) groups is 3. The highest BCUT2D eigenvalue weighted by atomic mass is 16.2. The molecule has 0 bridgehead atoms. The van der Waals surface area contributed by atoms with Gasteiger partial charge in [0, 0.05) is 36.8 Å². The zero-order valence-electron chi connectivity index (χ0n) is 14.1. The minimum atomic E-state index is -0.621. The van der Waals surface area contributed by atoms with Gasteiger partial charge in [-0.2, -0.15) is 0 Å². The minimum absolute atomic E-state index is 0.189. The first-order chi connectivity index (χ1) is 12.6. The predicted octanol–water partition coefficient (Wildman–Crippen LogP) is 0.968. The Bertz CT molecular complexity index is 925. The summed E-state index contributed by atoms with van der Waals surface area (Å²) in [5.41, 5.74) is 9.71. The average molecular weight is 350 g/mol. The van der Waals surface area contributed by atoms with Crippen molar-refractivity contribution in [3.8, 4) is 11.3 Å². The molecule has 132 valence electrons. The van der Waals surface area contributed by atoms with Gasteiger partial charge < -0.3 is 10.6 Å². The van der Waals surface area contributed by atoms with Crippen molar-refractivity contribution in [2.24, 2.45) is 5.73 Å². The molecule has 2 aromatic rings. The third-order valence-electron chi connectivity index (χ3n) is 4.92. The Morgan fingerprint density at radius 3 is 2.77 bits per heavy atom. The SMILES string of the molecule is NCc1ccnc(-c2cccc3c2CN(C2CCC(=O)NC2=O)C3=O)c1. The van der Waals surface area contributed by atoms with Crippen LogP contribution in [0.3, 0.4) is 0 Å². The summed E-state index contributed by atoms with van der Waals surface area (Å²) in [5.74, 6) is -0.891. The van der Waals surface area contributed by atoms with E-state index in [0.29, 0.717) is 25.1 Å². The second-order valence-electron chi connectivity index (χ2n) is 6.49. The van der Waals surface area contributed by atoms with Crippen LogP contribution in [-0.2, 0) is 22.7 Å². The van der Waals surface area contributed by atoms with Crippen molar-refractivity contribution in [3.63, 3.8) is 0 Å². The van der Waals surface area contributed by atoms with E-state index in [1.807, 2.05) is 24.3 Å². The molecular weight excluding hydrogens is 332 g/mol. The van der Waals surface area contributed by atoms with Crippen molar-refractivity contribution in [2.75, 3.05) is 0 Å². The van der Waals surface area contributed by atoms with Crippen LogP contribution in [0.15, 0.2) is 36.5 Å². The van der Waals surface area contributed by atoms with E-state index in [1.165, 1.54) is 0 Å². The third-order valence-corrected chi connectivity index (χ3v) is 4.92. The second kappa shape index (κ2) is 6.34. The summed E-state index contributed by atoms with van der Waals surface area (Å²) in [6.07, 6.45) is 2.29. The number of fused-ring (bicyclic) bond motifs is 1. The molecule has 4 rings (SSSR count). The van der Waals surface area contributed by atoms with Gasteiger partial charge in [-0.25, -0.2) is 0 Å². The van der Waals surface area contributed by atoms with Crippen LogP contribution < -0.4 is 11.1 Å². The van der Waals surface area contributed by atoms with Crippen LogP contribution in [-0.4, -0.2) is 33.6 Å². The number of aromatic nitrogens is 1. The summed E-state index contributed by atoms with van der Waals surface area (Å²) in [6, 6.07) is 8.64. The highest BCUT2D eigenvalue weighted by Gasteiger charge is 2.39. The zero-order valence-corrected chi connectivity index (χ0v) is 14.1. The highest BCUT2D eigenvalue weighted by Crippen LogP contribution is 2.34. The van der Waals surface area contributed by atoms with Crippen molar-refractivity contribution >= 4 is 17.7 Å². The number of amides is 3. The van der Waals surface area contributed by atoms with E-state index in [-0.39, 0.29) is 18.2 Å². The Morgan fingerprint density at radius 2 is 2.00 bits per heavy atom. The molecule has 0 spiro atoms. The molecule has 3 N–H and O–H groups in total. The van der Waals surface area contributed by atoms with Gasteiger partial charge in [-0.1, -0.05) is 12.1 Å². The van der Waals surface area contributed by atoms with Gasteiger partial charge in [0.05, 0.1) is 5.69 Å². The summed E-state index contributed by atoms with van der Waals surface area (Å²) in [4.78, 5) is 42.4. The van der Waals surface area contributed by atoms with Gasteiger partial charge >= 0.3 is 0 Å². The molecule has 2 aliphatic heterocycles. The lowest BCUT2D eigenvalue weighted by atomic mass is 9.99. The lowest BCUT2D eigenvalue weighted by Gasteiger charge is -2.29. The first kappa shape index (κ1) is 16.4. The Balaban J connectivity index is 1.70. The molecule has 1 saturated heterocycles. The number of carbonyl (C=O) groups excluding carboxylic acids is 3. The van der Waals surface area contributed by atoms with Gasteiger partial charge in [0.25, 0.3) is 5.91 Å². The standard InChI is InChI=1S/C19H18N4O3/c20-9-11-6-7-21-15(8-11)12-2-1-3-13-14(12)10-23(19(13)26)16-4-5-17(24)22-18(16)25/h1-3,6-8,16H,4-5,9-10,20H2,(H,22,24,25). The molecule has 0 aliphatic carbocycles. The van der Waals surface area contributed by atoms with Crippen molar-refractivity contribution in [1.29, 1.82) is 0 Å². The van der Waals surface area contributed by atoms with Crippen molar-refractivity contribution in [1.82, 2.24) is 15.2 Å². The normalized spacial score (nSPS) is 19.5. The molecule has 1 aromatic heterocycles. The molecule has 1 atom stereocenters. The number of hydrogen-bond donors (Lipinski definition) is 2. The number of benzene rings is 1. The molecule has 2 aliphatic rings. The number of imide groups is 1. The molecule has 7 nitrogen and oxygen atoms in total. The van der Waals surface area contributed by atoms with Gasteiger partial charge in [-0.05, 0) is 35.7 Å². The van der Waals surface area contributed by atoms with Crippen LogP contribution in [0.4, 0.5) is 0 Å². The minimum Gasteiger partial charge on any atom is -0.326 e. The molecule has 7 heteroatoms. The molecule has 1 unspecified atom stereocenters. The molecule has 26 heavy (non-hydrogen) atoms. The largest absolute Gasteiger partial charge is 0.326 e. The highest BCUT2D eigenvalue weighted by molar-refractivity contribution is 6.06. The van der Waals surface area contributed by atoms with Crippen LogP contribution in [0.1, 0.15) is 34.3 Å². The lowest BCUT2D eigenvalue weighted by molar-refractivity contribution is -0.136. The monoisotopic (exact) mass is 350 g/mol. The quantitative estimate of drug-likeness (QED) is 0.803. The number of hydrogen-bond acceptors (Lipinski definition) is 5. The number of nitrogens with two attached hydrogens (primary N) is 1. The Labute approximate surface area is 150 Å². The van der Waals surface area contributed by atoms with Crippen LogP contribution in [0.2, 0.25) is 0 Å². The van der Waals surface area contributed by atoms with Crippen molar-refractivity contribution < 1.29 is 14.4 Å². The van der Waals surface area contributed by atoms with Crippen molar-refractivity contribution in [2.45, 2.75) is 32.0 Å². The van der Waals surface area contributed by atoms with Gasteiger partial charge in [-0.3, -0.25) is 24.7 Å². The fourth-order valence-corrected chi connectivity index (χ4v) is 3.57. The fraction of sp³-hybridized carbons (Fsp3) is 0.263. The van der Waals surface area contributed by atoms with E-state index < -0.39 is 11.9 Å². The summed E-state index contributed by atoms with van der Waals surface area (Å²) in [6.45, 7) is 0.733. The maximum atomic E-state index is 12.9. The topological polar surface area (TPSA) is 105 Å². The number of piperidine rings is 1. The Kier molecular flexibility index (Phi) is 4.00. The van der Waals surface area contributed by atoms with E-state index in [0.717, 1.165) is 22.4 Å². The third kappa shape index (κ3) is 2.66. The van der Waals surface area contributed by atoms with E-state index >= 15 is 0 Å². The zero-order chi connectivity index (χ0) is 18.3. The average Bonchev–Trinajstić information content (AvgIpc) is 2.98. The Hall–Kier alpha value is -3.06. The summed E-state index contributed by atoms with van der Waals surface area (Å²) < 4.78 is 0. The van der Waals surface area contributed by atoms with E-state index in [1.54, 1.807) is 17.2 Å². The number of nitrogens with one attached hydrogen (secondary N) is 1. The first-order valence-corrected chi connectivity index (χ1v) is 8.50. The summed E-state index contributed by atoms with van der Waals surface area (Å²) in [5, 5.41) is 2.32. The lowest BCUT2D eigenvalue weighted by Crippen LogP contribution is -2.52. The molecule has 1 aromatic carbocycles. The summed E-state index contributed by atoms with van der Waals surface area (Å²) in [7, 11) is 0. The molecule has 3 heterocycles. The van der Waals surface area contributed by atoms with Crippen molar-refractivity contribution in [3.05, 3.63) is 53.2 Å². The van der Waals surface area contributed by atoms with Gasteiger partial charge in [0.2, 0.25) is 11.8 Å². The van der Waals surface area contributed by atoms with Crippen LogP contribution >= 0.6 is 0 Å². The van der Waals surface area contributed by atoms with Crippen LogP contribution in [0, 0.1) is 0 Å². The van der Waals surface area contributed by atoms with E-state index in [4.69, 9.17) is 5.73 Å². The Morgan fingerprint density at radius 1 is 1.19 bits per heavy atom. The first-order valence-electron chi connectivity index (χ1n) is 8.50. The number of nitrogens with zero attached hydrogens (tertiary/aromatic N) is 2. The molecule has 3 amide bonds. The van der Waals surface area contributed by atoms with Crippen LogP contribution in [0.25, 0.3) is 11.3 Å². The van der Waals surface area contributed by atoms with Gasteiger partial charge in [0.1, 0.15) is 6.04 Å². The molecule has 0 radical (unpaired) electrons. The smallest absolute Gasteiger partial charge is 0.255 e. The van der Waals surface area contributed by atoms with E-state index in [2.05, 4.69) is 10.3 Å². The predicted molar refractivity (Wildman–Crippen MR) is 93.6 cm³/mol. The maximum Gasteiger partial charge on any atom is 0.255 e. The number of rotatable bonds is 3. The fourth-order valence-electron chi connectivity index (χ4n) is 3.57. The number of pyridine rings is 1. The summed E-state index contributed by atoms with van der Waals surface area (Å²) >= 11 is 0. The second-order valence-corrected chi connectivity index (χ2v) is 6.49. The van der Waals surface area contributed by atoms with Crippen LogP contribution in [0.5, 0.6) is 0 Å². The molecular formula is C19H18N4O3. The maximum absolute atomic E-state index is 12.9. The van der Waals surface area contributed by atoms with E-state index in [9.17, 15) is 14.4 Å². The van der Waals surface area contributed by atoms with Gasteiger partial charge in [0.15, 0.2) is 0 Å². The molecule has 1 fully saturated rings. The molecule has 0 saturated carbocycles.